The van der Waals surface area contributed by atoms with Crippen LogP contribution in [0.2, 0.25) is 0 Å². The maximum Gasteiger partial charge on any atom is 0.252 e. The second-order valence-electron chi connectivity index (χ2n) is 4.32. The SMILES string of the molecule is CC[C@H](NC(=O)c1ccccc1Br)c1ccccc1. The lowest BCUT2D eigenvalue weighted by Gasteiger charge is -2.17. The van der Waals surface area contributed by atoms with Crippen LogP contribution in [0.4, 0.5) is 0 Å². The molecule has 0 aliphatic heterocycles. The molecule has 0 bridgehead atoms. The summed E-state index contributed by atoms with van der Waals surface area (Å²) in [4.78, 5) is 12.3. The molecule has 0 heterocycles. The van der Waals surface area contributed by atoms with Crippen molar-refractivity contribution in [3.05, 3.63) is 70.2 Å². The lowest BCUT2D eigenvalue weighted by atomic mass is 10.0. The molecule has 0 aliphatic carbocycles. The Hall–Kier alpha value is -1.61. The molecule has 2 aromatic rings. The molecule has 0 fully saturated rings. The monoisotopic (exact) mass is 317 g/mol. The molecular weight excluding hydrogens is 302 g/mol. The molecule has 1 atom stereocenters. The Morgan fingerprint density at radius 3 is 2.37 bits per heavy atom. The number of rotatable bonds is 4. The van der Waals surface area contributed by atoms with E-state index in [0.717, 1.165) is 16.5 Å². The van der Waals surface area contributed by atoms with Crippen LogP contribution in [0.15, 0.2) is 59.1 Å². The molecule has 0 saturated carbocycles. The molecule has 2 rings (SSSR count). The Kier molecular flexibility index (Phi) is 4.74. The molecule has 0 aliphatic rings. The van der Waals surface area contributed by atoms with Crippen molar-refractivity contribution in [2.75, 3.05) is 0 Å². The Labute approximate surface area is 122 Å². The fourth-order valence-electron chi connectivity index (χ4n) is 1.99. The summed E-state index contributed by atoms with van der Waals surface area (Å²) in [6.07, 6.45) is 0.861. The molecule has 0 saturated heterocycles. The van der Waals surface area contributed by atoms with Crippen molar-refractivity contribution in [1.82, 2.24) is 5.32 Å². The Morgan fingerprint density at radius 2 is 1.74 bits per heavy atom. The average Bonchev–Trinajstić information content (AvgIpc) is 2.46. The van der Waals surface area contributed by atoms with E-state index in [1.807, 2.05) is 54.6 Å². The summed E-state index contributed by atoms with van der Waals surface area (Å²) in [5, 5.41) is 3.07. The smallest absolute Gasteiger partial charge is 0.252 e. The van der Waals surface area contributed by atoms with Crippen LogP contribution in [0, 0.1) is 0 Å². The summed E-state index contributed by atoms with van der Waals surface area (Å²) in [7, 11) is 0. The summed E-state index contributed by atoms with van der Waals surface area (Å²) in [5.41, 5.74) is 1.79. The first-order valence-corrected chi connectivity index (χ1v) is 7.12. The van der Waals surface area contributed by atoms with E-state index >= 15 is 0 Å². The van der Waals surface area contributed by atoms with Crippen molar-refractivity contribution in [3.8, 4) is 0 Å². The minimum absolute atomic E-state index is 0.0424. The minimum Gasteiger partial charge on any atom is -0.345 e. The topological polar surface area (TPSA) is 29.1 Å². The van der Waals surface area contributed by atoms with E-state index in [4.69, 9.17) is 0 Å². The van der Waals surface area contributed by atoms with Crippen molar-refractivity contribution in [3.63, 3.8) is 0 Å². The van der Waals surface area contributed by atoms with Crippen LogP contribution in [0.3, 0.4) is 0 Å². The predicted molar refractivity (Wildman–Crippen MR) is 81.1 cm³/mol. The molecule has 1 amide bonds. The van der Waals surface area contributed by atoms with Crippen molar-refractivity contribution in [1.29, 1.82) is 0 Å². The number of amides is 1. The zero-order valence-electron chi connectivity index (χ0n) is 10.8. The summed E-state index contributed by atoms with van der Waals surface area (Å²) in [6.45, 7) is 2.07. The van der Waals surface area contributed by atoms with Gasteiger partial charge >= 0.3 is 0 Å². The maximum atomic E-state index is 12.3. The van der Waals surface area contributed by atoms with Crippen LogP contribution in [0.25, 0.3) is 0 Å². The Balaban J connectivity index is 2.16. The van der Waals surface area contributed by atoms with E-state index in [1.165, 1.54) is 0 Å². The third kappa shape index (κ3) is 3.44. The zero-order valence-corrected chi connectivity index (χ0v) is 12.4. The van der Waals surface area contributed by atoms with Gasteiger partial charge in [-0.15, -0.1) is 0 Å². The van der Waals surface area contributed by atoms with Gasteiger partial charge in [0.05, 0.1) is 11.6 Å². The normalized spacial score (nSPS) is 11.9. The van der Waals surface area contributed by atoms with Crippen molar-refractivity contribution in [2.45, 2.75) is 19.4 Å². The third-order valence-electron chi connectivity index (χ3n) is 3.03. The number of nitrogens with one attached hydrogen (secondary N) is 1. The summed E-state index contributed by atoms with van der Waals surface area (Å²) < 4.78 is 0.815. The molecule has 98 valence electrons. The first-order valence-electron chi connectivity index (χ1n) is 6.32. The number of benzene rings is 2. The molecule has 0 spiro atoms. The van der Waals surface area contributed by atoms with Gasteiger partial charge in [0.15, 0.2) is 0 Å². The standard InChI is InChI=1S/C16H16BrNO/c1-2-15(12-8-4-3-5-9-12)18-16(19)13-10-6-7-11-14(13)17/h3-11,15H,2H2,1H3,(H,18,19)/t15-/m0/s1. The highest BCUT2D eigenvalue weighted by molar-refractivity contribution is 9.10. The second kappa shape index (κ2) is 6.53. The van der Waals surface area contributed by atoms with E-state index in [2.05, 4.69) is 28.2 Å². The summed E-state index contributed by atoms with van der Waals surface area (Å²) in [5.74, 6) is -0.0526. The first-order chi connectivity index (χ1) is 9.22. The van der Waals surface area contributed by atoms with Gasteiger partial charge in [-0.2, -0.15) is 0 Å². The fraction of sp³-hybridized carbons (Fsp3) is 0.188. The van der Waals surface area contributed by atoms with E-state index in [9.17, 15) is 4.79 Å². The largest absolute Gasteiger partial charge is 0.345 e. The number of halogens is 1. The lowest BCUT2D eigenvalue weighted by molar-refractivity contribution is 0.0935. The number of carbonyl (C=O) groups excluding carboxylic acids is 1. The van der Waals surface area contributed by atoms with Crippen LogP contribution >= 0.6 is 15.9 Å². The molecule has 3 heteroatoms. The van der Waals surface area contributed by atoms with Crippen molar-refractivity contribution < 1.29 is 4.79 Å². The lowest BCUT2D eigenvalue weighted by Crippen LogP contribution is -2.28. The van der Waals surface area contributed by atoms with E-state index in [-0.39, 0.29) is 11.9 Å². The van der Waals surface area contributed by atoms with Gasteiger partial charge in [0.1, 0.15) is 0 Å². The molecule has 2 aromatic carbocycles. The van der Waals surface area contributed by atoms with Crippen LogP contribution < -0.4 is 5.32 Å². The van der Waals surface area contributed by atoms with Gasteiger partial charge in [-0.05, 0) is 40.0 Å². The number of carbonyl (C=O) groups is 1. The number of hydrogen-bond donors (Lipinski definition) is 1. The van der Waals surface area contributed by atoms with E-state index in [0.29, 0.717) is 5.56 Å². The molecule has 0 radical (unpaired) electrons. The minimum atomic E-state index is -0.0526. The van der Waals surface area contributed by atoms with Crippen LogP contribution in [-0.2, 0) is 0 Å². The van der Waals surface area contributed by atoms with Crippen LogP contribution in [0.5, 0.6) is 0 Å². The molecule has 0 unspecified atom stereocenters. The van der Waals surface area contributed by atoms with Crippen molar-refractivity contribution in [2.24, 2.45) is 0 Å². The second-order valence-corrected chi connectivity index (χ2v) is 5.18. The Morgan fingerprint density at radius 1 is 1.11 bits per heavy atom. The molecule has 0 aromatic heterocycles. The predicted octanol–water partition coefficient (Wildman–Crippen LogP) is 4.33. The summed E-state index contributed by atoms with van der Waals surface area (Å²) >= 11 is 3.40. The highest BCUT2D eigenvalue weighted by atomic mass is 79.9. The van der Waals surface area contributed by atoms with Crippen LogP contribution in [-0.4, -0.2) is 5.91 Å². The first kappa shape index (κ1) is 13.8. The molecule has 19 heavy (non-hydrogen) atoms. The van der Waals surface area contributed by atoms with Gasteiger partial charge in [0.25, 0.3) is 5.91 Å². The average molecular weight is 318 g/mol. The van der Waals surface area contributed by atoms with E-state index < -0.39 is 0 Å². The Bertz CT molecular complexity index is 554. The summed E-state index contributed by atoms with van der Waals surface area (Å²) in [6, 6.07) is 17.5. The van der Waals surface area contributed by atoms with Gasteiger partial charge in [0, 0.05) is 4.47 Å². The maximum absolute atomic E-state index is 12.3. The van der Waals surface area contributed by atoms with Gasteiger partial charge in [-0.1, -0.05) is 49.4 Å². The van der Waals surface area contributed by atoms with E-state index in [1.54, 1.807) is 0 Å². The molecule has 1 N–H and O–H groups in total. The van der Waals surface area contributed by atoms with Crippen molar-refractivity contribution >= 4 is 21.8 Å². The van der Waals surface area contributed by atoms with Gasteiger partial charge < -0.3 is 5.32 Å². The highest BCUT2D eigenvalue weighted by Crippen LogP contribution is 2.20. The van der Waals surface area contributed by atoms with Gasteiger partial charge in [-0.3, -0.25) is 4.79 Å². The quantitative estimate of drug-likeness (QED) is 0.893. The fourth-order valence-corrected chi connectivity index (χ4v) is 2.45. The van der Waals surface area contributed by atoms with Gasteiger partial charge in [0.2, 0.25) is 0 Å². The molecule has 2 nitrogen and oxygen atoms in total. The molecular formula is C16H16BrNO. The highest BCUT2D eigenvalue weighted by Gasteiger charge is 2.15. The van der Waals surface area contributed by atoms with Crippen LogP contribution in [0.1, 0.15) is 35.3 Å². The number of hydrogen-bond acceptors (Lipinski definition) is 1. The van der Waals surface area contributed by atoms with Gasteiger partial charge in [-0.25, -0.2) is 0 Å². The third-order valence-corrected chi connectivity index (χ3v) is 3.73. The zero-order chi connectivity index (χ0) is 13.7.